The van der Waals surface area contributed by atoms with Crippen molar-refractivity contribution in [3.05, 3.63) is 41.2 Å². The van der Waals surface area contributed by atoms with Crippen molar-refractivity contribution >= 4 is 12.2 Å². The summed E-state index contributed by atoms with van der Waals surface area (Å²) in [6, 6.07) is 8.21. The second-order valence-corrected chi connectivity index (χ2v) is 5.85. The van der Waals surface area contributed by atoms with Crippen LogP contribution in [0.1, 0.15) is 44.7 Å². The van der Waals surface area contributed by atoms with Crippen LogP contribution in [-0.2, 0) is 4.74 Å². The Morgan fingerprint density at radius 1 is 1.25 bits per heavy atom. The average molecular weight is 273 g/mol. The highest BCUT2D eigenvalue weighted by molar-refractivity contribution is 5.76. The Balaban J connectivity index is 2.24. The van der Waals surface area contributed by atoms with Crippen molar-refractivity contribution in [1.29, 1.82) is 0 Å². The second kappa shape index (κ2) is 5.70. The van der Waals surface area contributed by atoms with Gasteiger partial charge in [0.15, 0.2) is 0 Å². The molecule has 3 heteroatoms. The lowest BCUT2D eigenvalue weighted by atomic mass is 9.99. The molecule has 0 aliphatic carbocycles. The molecular weight excluding hydrogens is 250 g/mol. The number of ether oxygens (including phenoxy) is 1. The minimum Gasteiger partial charge on any atom is -0.412 e. The number of hydrogen-bond donors (Lipinski definition) is 0. The first kappa shape index (κ1) is 14.6. The van der Waals surface area contributed by atoms with Crippen LogP contribution in [-0.4, -0.2) is 23.1 Å². The van der Waals surface area contributed by atoms with Crippen LogP contribution in [0.15, 0.2) is 30.0 Å². The van der Waals surface area contributed by atoms with E-state index < -0.39 is 0 Å². The lowest BCUT2D eigenvalue weighted by molar-refractivity contribution is 0.156. The van der Waals surface area contributed by atoms with Crippen LogP contribution in [0.5, 0.6) is 0 Å². The number of nitrogens with zero attached hydrogens (tertiary/aromatic N) is 1. The Labute approximate surface area is 121 Å². The maximum absolute atomic E-state index is 12.0. The summed E-state index contributed by atoms with van der Waals surface area (Å²) in [6.45, 7) is 9.00. The van der Waals surface area contributed by atoms with Crippen molar-refractivity contribution in [2.24, 2.45) is 0 Å². The van der Waals surface area contributed by atoms with E-state index in [9.17, 15) is 4.79 Å². The minimum atomic E-state index is -0.378. The summed E-state index contributed by atoms with van der Waals surface area (Å²) in [7, 11) is 0. The van der Waals surface area contributed by atoms with Crippen LogP contribution < -0.4 is 0 Å². The summed E-state index contributed by atoms with van der Waals surface area (Å²) in [5.41, 5.74) is 1.90. The number of aryl methyl sites for hydroxylation is 1. The van der Waals surface area contributed by atoms with Crippen LogP contribution in [0.3, 0.4) is 0 Å². The molecule has 0 aromatic heterocycles. The summed E-state index contributed by atoms with van der Waals surface area (Å²) in [5.74, 6) is 0.724. The standard InChI is InChI=1S/C17H23NO2/c1-5-6-11-18-16(19)20-15(17(18,3)4)12-14-9-7-13(2)8-10-14/h7-10,12H,5-6,11H2,1-4H3/b15-12-. The summed E-state index contributed by atoms with van der Waals surface area (Å²) < 4.78 is 5.47. The highest BCUT2D eigenvalue weighted by atomic mass is 16.6. The molecule has 1 aliphatic rings. The quantitative estimate of drug-likeness (QED) is 0.815. The Morgan fingerprint density at radius 3 is 2.50 bits per heavy atom. The first-order valence-corrected chi connectivity index (χ1v) is 7.23. The average Bonchev–Trinajstić information content (AvgIpc) is 2.60. The molecule has 1 heterocycles. The largest absolute Gasteiger partial charge is 0.415 e. The van der Waals surface area contributed by atoms with Crippen LogP contribution in [0.25, 0.3) is 6.08 Å². The molecule has 1 amide bonds. The van der Waals surface area contributed by atoms with E-state index in [4.69, 9.17) is 4.74 Å². The Bertz CT molecular complexity index is 514. The molecule has 1 aliphatic heterocycles. The van der Waals surface area contributed by atoms with Crippen molar-refractivity contribution in [3.8, 4) is 0 Å². The van der Waals surface area contributed by atoms with E-state index in [0.717, 1.165) is 30.7 Å². The fourth-order valence-corrected chi connectivity index (χ4v) is 2.34. The monoisotopic (exact) mass is 273 g/mol. The van der Waals surface area contributed by atoms with E-state index in [1.165, 1.54) is 5.56 Å². The zero-order valence-corrected chi connectivity index (χ0v) is 12.8. The van der Waals surface area contributed by atoms with E-state index >= 15 is 0 Å². The molecule has 108 valence electrons. The summed E-state index contributed by atoms with van der Waals surface area (Å²) in [5, 5.41) is 0. The predicted molar refractivity (Wildman–Crippen MR) is 81.3 cm³/mol. The minimum absolute atomic E-state index is 0.234. The van der Waals surface area contributed by atoms with Gasteiger partial charge in [0.05, 0.1) is 5.54 Å². The smallest absolute Gasteiger partial charge is 0.412 e. The van der Waals surface area contributed by atoms with Gasteiger partial charge in [-0.1, -0.05) is 43.2 Å². The number of hydrogen-bond acceptors (Lipinski definition) is 2. The molecule has 0 N–H and O–H groups in total. The number of carbonyl (C=O) groups excluding carboxylic acids is 1. The zero-order valence-electron chi connectivity index (χ0n) is 12.8. The lowest BCUT2D eigenvalue weighted by Crippen LogP contribution is -2.41. The van der Waals surface area contributed by atoms with Gasteiger partial charge in [-0.05, 0) is 38.8 Å². The van der Waals surface area contributed by atoms with Gasteiger partial charge in [0.25, 0.3) is 0 Å². The summed E-state index contributed by atoms with van der Waals surface area (Å²) in [6.07, 6.45) is 3.79. The third kappa shape index (κ3) is 2.87. The van der Waals surface area contributed by atoms with Crippen molar-refractivity contribution in [3.63, 3.8) is 0 Å². The molecule has 1 aromatic carbocycles. The van der Waals surface area contributed by atoms with Crippen LogP contribution in [0.2, 0.25) is 0 Å². The molecule has 0 spiro atoms. The first-order valence-electron chi connectivity index (χ1n) is 7.23. The van der Waals surface area contributed by atoms with Gasteiger partial charge in [0.2, 0.25) is 0 Å². The first-order chi connectivity index (χ1) is 9.45. The number of benzene rings is 1. The molecule has 20 heavy (non-hydrogen) atoms. The maximum atomic E-state index is 12.0. The molecule has 1 fully saturated rings. The normalized spacial score (nSPS) is 19.5. The van der Waals surface area contributed by atoms with Gasteiger partial charge in [-0.15, -0.1) is 0 Å². The number of rotatable bonds is 4. The van der Waals surface area contributed by atoms with E-state index in [-0.39, 0.29) is 11.6 Å². The van der Waals surface area contributed by atoms with Crippen molar-refractivity contribution in [2.45, 2.75) is 46.1 Å². The number of cyclic esters (lactones) is 1. The Hall–Kier alpha value is -1.77. The Morgan fingerprint density at radius 2 is 1.90 bits per heavy atom. The fourth-order valence-electron chi connectivity index (χ4n) is 2.34. The molecule has 0 unspecified atom stereocenters. The molecule has 0 saturated carbocycles. The van der Waals surface area contributed by atoms with Gasteiger partial charge in [0.1, 0.15) is 5.76 Å². The van der Waals surface area contributed by atoms with Gasteiger partial charge in [-0.25, -0.2) is 4.79 Å². The number of carbonyl (C=O) groups is 1. The van der Waals surface area contributed by atoms with Crippen LogP contribution >= 0.6 is 0 Å². The molecule has 3 nitrogen and oxygen atoms in total. The summed E-state index contributed by atoms with van der Waals surface area (Å²) in [4.78, 5) is 13.8. The van der Waals surface area contributed by atoms with Gasteiger partial charge in [-0.3, -0.25) is 4.90 Å². The zero-order chi connectivity index (χ0) is 14.8. The summed E-state index contributed by atoms with van der Waals surface area (Å²) >= 11 is 0. The van der Waals surface area contributed by atoms with Crippen molar-refractivity contribution < 1.29 is 9.53 Å². The predicted octanol–water partition coefficient (Wildman–Crippen LogP) is 4.37. The van der Waals surface area contributed by atoms with Gasteiger partial charge in [-0.2, -0.15) is 0 Å². The molecular formula is C17H23NO2. The molecule has 1 aromatic rings. The second-order valence-electron chi connectivity index (χ2n) is 5.85. The van der Waals surface area contributed by atoms with Crippen LogP contribution in [0, 0.1) is 6.92 Å². The van der Waals surface area contributed by atoms with E-state index in [0.29, 0.717) is 0 Å². The molecule has 0 atom stereocenters. The topological polar surface area (TPSA) is 29.5 Å². The van der Waals surface area contributed by atoms with Crippen LogP contribution in [0.4, 0.5) is 4.79 Å². The highest BCUT2D eigenvalue weighted by Gasteiger charge is 2.44. The van der Waals surface area contributed by atoms with E-state index in [1.807, 2.05) is 37.0 Å². The van der Waals surface area contributed by atoms with Gasteiger partial charge in [0, 0.05) is 6.54 Å². The van der Waals surface area contributed by atoms with Gasteiger partial charge < -0.3 is 4.74 Å². The fraction of sp³-hybridized carbons (Fsp3) is 0.471. The number of unbranched alkanes of at least 4 members (excludes halogenated alkanes) is 1. The van der Waals surface area contributed by atoms with E-state index in [1.54, 1.807) is 0 Å². The highest BCUT2D eigenvalue weighted by Crippen LogP contribution is 2.34. The Kier molecular flexibility index (Phi) is 4.17. The molecule has 1 saturated heterocycles. The van der Waals surface area contributed by atoms with Crippen molar-refractivity contribution in [2.75, 3.05) is 6.54 Å². The van der Waals surface area contributed by atoms with E-state index in [2.05, 4.69) is 26.0 Å². The molecule has 0 radical (unpaired) electrons. The number of amides is 1. The van der Waals surface area contributed by atoms with Crippen molar-refractivity contribution in [1.82, 2.24) is 4.90 Å². The lowest BCUT2D eigenvalue weighted by Gasteiger charge is -2.28. The third-order valence-corrected chi connectivity index (χ3v) is 3.81. The molecule has 0 bridgehead atoms. The molecule has 2 rings (SSSR count). The third-order valence-electron chi connectivity index (χ3n) is 3.81. The maximum Gasteiger partial charge on any atom is 0.415 e. The van der Waals surface area contributed by atoms with Gasteiger partial charge >= 0.3 is 6.09 Å². The SMILES string of the molecule is CCCCN1C(=O)O/C(=C\c2ccc(C)cc2)C1(C)C.